The molecule has 9 heteroatoms. The summed E-state index contributed by atoms with van der Waals surface area (Å²) < 4.78 is 25.0. The van der Waals surface area contributed by atoms with Gasteiger partial charge in [-0.3, -0.25) is 9.48 Å². The van der Waals surface area contributed by atoms with Gasteiger partial charge in [0.2, 0.25) is 0 Å². The van der Waals surface area contributed by atoms with Crippen molar-refractivity contribution in [3.63, 3.8) is 0 Å². The largest absolute Gasteiger partial charge is 0.338 e. The van der Waals surface area contributed by atoms with Gasteiger partial charge >= 0.3 is 0 Å². The van der Waals surface area contributed by atoms with Crippen LogP contribution in [-0.4, -0.2) is 29.4 Å². The van der Waals surface area contributed by atoms with E-state index in [0.29, 0.717) is 22.4 Å². The molecule has 2 aromatic heterocycles. The summed E-state index contributed by atoms with van der Waals surface area (Å²) in [6.07, 6.45) is 5.33. The summed E-state index contributed by atoms with van der Waals surface area (Å²) in [7, 11) is -3.28. The number of hydrogen-bond acceptors (Lipinski definition) is 6. The molecule has 0 aliphatic heterocycles. The second kappa shape index (κ2) is 6.80. The van der Waals surface area contributed by atoms with Gasteiger partial charge in [0.15, 0.2) is 15.7 Å². The van der Waals surface area contributed by atoms with E-state index in [1.54, 1.807) is 29.1 Å². The van der Waals surface area contributed by atoms with Crippen LogP contribution in [0.2, 0.25) is 0 Å². The van der Waals surface area contributed by atoms with Crippen molar-refractivity contribution in [2.45, 2.75) is 30.2 Å². The molecule has 28 heavy (non-hydrogen) atoms. The summed E-state index contributed by atoms with van der Waals surface area (Å²) in [5.41, 5.74) is 1.02. The third-order valence-electron chi connectivity index (χ3n) is 5.13. The molecule has 144 valence electrons. The summed E-state index contributed by atoms with van der Waals surface area (Å²) in [5, 5.41) is 17.6. The number of aromatic nitrogens is 3. The molecule has 1 aliphatic rings. The van der Waals surface area contributed by atoms with Gasteiger partial charge in [-0.15, -0.1) is 0 Å². The average Bonchev–Trinajstić information content (AvgIpc) is 3.26. The second-order valence-corrected chi connectivity index (χ2v) is 9.03. The minimum absolute atomic E-state index is 0.0718. The molecule has 3 aromatic rings. The highest BCUT2D eigenvalue weighted by Gasteiger charge is 2.31. The molecule has 1 saturated carbocycles. The maximum Gasteiger partial charge on any atom is 0.261 e. The molecule has 1 aromatic carbocycles. The van der Waals surface area contributed by atoms with E-state index in [9.17, 15) is 18.5 Å². The number of nitrogens with one attached hydrogen (secondary N) is 2. The van der Waals surface area contributed by atoms with Crippen molar-refractivity contribution in [1.82, 2.24) is 14.8 Å². The van der Waals surface area contributed by atoms with Crippen molar-refractivity contribution >= 4 is 32.2 Å². The first kappa shape index (κ1) is 18.3. The van der Waals surface area contributed by atoms with Crippen LogP contribution in [0.4, 0.5) is 11.5 Å². The first-order valence-electron chi connectivity index (χ1n) is 8.95. The van der Waals surface area contributed by atoms with Crippen LogP contribution in [-0.2, 0) is 9.84 Å². The van der Waals surface area contributed by atoms with Gasteiger partial charge in [-0.05, 0) is 49.6 Å². The standard InChI is InChI=1S/C19H19N5O3S/c1-28(26,27)14-7-5-13(6-8-14)22-18-17-16(9-10-21-19(17)25)24(23-18)15-4-2-3-12(15)11-20/h5-10,12,15H,2-4H2,1H3,(H,21,25)(H,22,23). The third kappa shape index (κ3) is 3.16. The van der Waals surface area contributed by atoms with Crippen molar-refractivity contribution < 1.29 is 8.42 Å². The molecule has 0 saturated heterocycles. The topological polar surface area (TPSA) is 121 Å². The first-order chi connectivity index (χ1) is 13.4. The Hall–Kier alpha value is -3.12. The van der Waals surface area contributed by atoms with Crippen LogP contribution in [0.1, 0.15) is 25.3 Å². The third-order valence-corrected chi connectivity index (χ3v) is 6.26. The molecule has 2 unspecified atom stereocenters. The van der Waals surface area contributed by atoms with Crippen molar-refractivity contribution in [1.29, 1.82) is 5.26 Å². The highest BCUT2D eigenvalue weighted by molar-refractivity contribution is 7.90. The van der Waals surface area contributed by atoms with E-state index in [1.165, 1.54) is 12.1 Å². The normalized spacial score (nSPS) is 19.6. The summed E-state index contributed by atoms with van der Waals surface area (Å²) >= 11 is 0. The van der Waals surface area contributed by atoms with E-state index >= 15 is 0 Å². The first-order valence-corrected chi connectivity index (χ1v) is 10.8. The molecular weight excluding hydrogens is 378 g/mol. The Balaban J connectivity index is 1.77. The van der Waals surface area contributed by atoms with Gasteiger partial charge in [-0.25, -0.2) is 8.42 Å². The van der Waals surface area contributed by atoms with Crippen LogP contribution < -0.4 is 10.9 Å². The molecular formula is C19H19N5O3S. The van der Waals surface area contributed by atoms with Gasteiger partial charge in [-0.1, -0.05) is 0 Å². The van der Waals surface area contributed by atoms with Crippen molar-refractivity contribution in [2.24, 2.45) is 5.92 Å². The fourth-order valence-electron chi connectivity index (χ4n) is 3.75. The molecule has 1 aliphatic carbocycles. The van der Waals surface area contributed by atoms with Crippen LogP contribution in [0.3, 0.4) is 0 Å². The number of aromatic amines is 1. The maximum absolute atomic E-state index is 12.5. The fraction of sp³-hybridized carbons (Fsp3) is 0.316. The van der Waals surface area contributed by atoms with E-state index in [2.05, 4.69) is 21.5 Å². The predicted molar refractivity (Wildman–Crippen MR) is 105 cm³/mol. The quantitative estimate of drug-likeness (QED) is 0.698. The highest BCUT2D eigenvalue weighted by Crippen LogP contribution is 2.38. The zero-order chi connectivity index (χ0) is 19.9. The highest BCUT2D eigenvalue weighted by atomic mass is 32.2. The molecule has 1 fully saturated rings. The molecule has 2 atom stereocenters. The van der Waals surface area contributed by atoms with Gasteiger partial charge in [0.1, 0.15) is 5.39 Å². The number of hydrogen-bond donors (Lipinski definition) is 2. The number of H-pyrrole nitrogens is 1. The summed E-state index contributed by atoms with van der Waals surface area (Å²) in [6.45, 7) is 0. The van der Waals surface area contributed by atoms with E-state index in [4.69, 9.17) is 0 Å². The maximum atomic E-state index is 12.5. The Morgan fingerprint density at radius 1 is 1.25 bits per heavy atom. The van der Waals surface area contributed by atoms with Gasteiger partial charge < -0.3 is 10.3 Å². The monoisotopic (exact) mass is 397 g/mol. The Labute approximate surface area is 161 Å². The van der Waals surface area contributed by atoms with Crippen molar-refractivity contribution in [2.75, 3.05) is 11.6 Å². The van der Waals surface area contributed by atoms with Crippen LogP contribution in [0.15, 0.2) is 46.2 Å². The summed E-state index contributed by atoms with van der Waals surface area (Å²) in [4.78, 5) is 15.3. The second-order valence-electron chi connectivity index (χ2n) is 7.02. The minimum atomic E-state index is -3.28. The van der Waals surface area contributed by atoms with Gasteiger partial charge in [-0.2, -0.15) is 10.4 Å². The van der Waals surface area contributed by atoms with E-state index in [1.807, 2.05) is 0 Å². The molecule has 0 radical (unpaired) electrons. The SMILES string of the molecule is CS(=O)(=O)c1ccc(Nc2nn(C3CCCC3C#N)c3cc[nH]c(=O)c23)cc1. The number of nitrogens with zero attached hydrogens (tertiary/aromatic N) is 3. The molecule has 0 amide bonds. The van der Waals surface area contributed by atoms with Crippen molar-refractivity contribution in [3.05, 3.63) is 46.9 Å². The Morgan fingerprint density at radius 2 is 2.00 bits per heavy atom. The lowest BCUT2D eigenvalue weighted by Gasteiger charge is -2.15. The zero-order valence-electron chi connectivity index (χ0n) is 15.2. The van der Waals surface area contributed by atoms with Crippen LogP contribution in [0, 0.1) is 17.2 Å². The van der Waals surface area contributed by atoms with E-state index in [-0.39, 0.29) is 22.4 Å². The van der Waals surface area contributed by atoms with Gasteiger partial charge in [0, 0.05) is 18.1 Å². The molecule has 0 bridgehead atoms. The zero-order valence-corrected chi connectivity index (χ0v) is 16.0. The van der Waals surface area contributed by atoms with Gasteiger partial charge in [0.25, 0.3) is 5.56 Å². The minimum Gasteiger partial charge on any atom is -0.338 e. The van der Waals surface area contributed by atoms with Gasteiger partial charge in [0.05, 0.1) is 28.4 Å². The average molecular weight is 397 g/mol. The van der Waals surface area contributed by atoms with E-state index < -0.39 is 9.84 Å². The Bertz CT molecular complexity index is 1240. The number of benzene rings is 1. The molecule has 0 spiro atoms. The van der Waals surface area contributed by atoms with Crippen molar-refractivity contribution in [3.8, 4) is 6.07 Å². The number of fused-ring (bicyclic) bond motifs is 1. The lowest BCUT2D eigenvalue weighted by Crippen LogP contribution is -2.14. The van der Waals surface area contributed by atoms with Crippen LogP contribution in [0.25, 0.3) is 10.9 Å². The number of rotatable bonds is 4. The number of anilines is 2. The fourth-order valence-corrected chi connectivity index (χ4v) is 4.38. The molecule has 8 nitrogen and oxygen atoms in total. The van der Waals surface area contributed by atoms with Crippen LogP contribution >= 0.6 is 0 Å². The molecule has 2 heterocycles. The predicted octanol–water partition coefficient (Wildman–Crippen LogP) is 2.74. The smallest absolute Gasteiger partial charge is 0.261 e. The Morgan fingerprint density at radius 3 is 2.68 bits per heavy atom. The summed E-state index contributed by atoms with van der Waals surface area (Å²) in [5.74, 6) is 0.247. The summed E-state index contributed by atoms with van der Waals surface area (Å²) in [6, 6.07) is 10.3. The lowest BCUT2D eigenvalue weighted by atomic mass is 10.1. The lowest BCUT2D eigenvalue weighted by molar-refractivity contribution is 0.423. The Kier molecular flexibility index (Phi) is 4.43. The number of sulfone groups is 1. The van der Waals surface area contributed by atoms with Crippen LogP contribution in [0.5, 0.6) is 0 Å². The molecule has 4 rings (SSSR count). The number of pyridine rings is 1. The van der Waals surface area contributed by atoms with E-state index in [0.717, 1.165) is 25.5 Å². The number of nitriles is 1. The molecule has 2 N–H and O–H groups in total.